The van der Waals surface area contributed by atoms with E-state index in [0.717, 1.165) is 5.39 Å². The summed E-state index contributed by atoms with van der Waals surface area (Å²) in [5, 5.41) is 10.2. The molecular formula is C33H21N. The molecule has 0 aliphatic heterocycles. The zero-order chi connectivity index (χ0) is 22.5. The fraction of sp³-hybridized carbons (Fsp3) is 0. The molecule has 0 bridgehead atoms. The van der Waals surface area contributed by atoms with Gasteiger partial charge in [-0.1, -0.05) is 91.0 Å². The summed E-state index contributed by atoms with van der Waals surface area (Å²) in [5.41, 5.74) is 4.91. The number of pyridine rings is 1. The fourth-order valence-corrected chi connectivity index (χ4v) is 5.23. The molecule has 1 aromatic heterocycles. The highest BCUT2D eigenvalue weighted by atomic mass is 14.6. The highest BCUT2D eigenvalue weighted by Gasteiger charge is 2.10. The molecule has 0 radical (unpaired) electrons. The summed E-state index contributed by atoms with van der Waals surface area (Å²) in [5.74, 6) is 0. The predicted molar refractivity (Wildman–Crippen MR) is 145 cm³/mol. The molecule has 0 N–H and O–H groups in total. The van der Waals surface area contributed by atoms with Crippen molar-refractivity contribution >= 4 is 43.1 Å². The number of benzene rings is 6. The van der Waals surface area contributed by atoms with Gasteiger partial charge < -0.3 is 0 Å². The molecule has 0 spiro atoms. The Morgan fingerprint density at radius 1 is 0.353 bits per heavy atom. The standard InChI is InChI=1S/C33H21N/c1-2-10-30-28(8-1)29-9-3-4-11-31(29)33-20-25(14-15-32(30)33)23-7-5-6-22(18-23)24-12-13-27-21-34-17-16-26(27)19-24/h1-21H. The quantitative estimate of drug-likeness (QED) is 0.249. The largest absolute Gasteiger partial charge is 0.264 e. The van der Waals surface area contributed by atoms with E-state index < -0.39 is 0 Å². The Morgan fingerprint density at radius 2 is 0.912 bits per heavy atom. The van der Waals surface area contributed by atoms with E-state index in [1.807, 2.05) is 12.4 Å². The van der Waals surface area contributed by atoms with Crippen LogP contribution in [0.15, 0.2) is 128 Å². The van der Waals surface area contributed by atoms with Crippen LogP contribution in [0.5, 0.6) is 0 Å². The van der Waals surface area contributed by atoms with Crippen molar-refractivity contribution in [3.05, 3.63) is 128 Å². The number of aromatic nitrogens is 1. The molecule has 0 atom stereocenters. The lowest BCUT2D eigenvalue weighted by molar-refractivity contribution is 1.36. The molecule has 1 heteroatoms. The van der Waals surface area contributed by atoms with Crippen molar-refractivity contribution in [2.24, 2.45) is 0 Å². The molecule has 6 aromatic carbocycles. The number of hydrogen-bond donors (Lipinski definition) is 0. The minimum atomic E-state index is 1.16. The Bertz CT molecular complexity index is 1830. The van der Waals surface area contributed by atoms with Gasteiger partial charge in [0.05, 0.1) is 0 Å². The lowest BCUT2D eigenvalue weighted by atomic mass is 9.91. The summed E-state index contributed by atoms with van der Waals surface area (Å²) in [7, 11) is 0. The first-order valence-electron chi connectivity index (χ1n) is 11.6. The summed E-state index contributed by atoms with van der Waals surface area (Å²) in [6.45, 7) is 0. The van der Waals surface area contributed by atoms with Crippen LogP contribution in [-0.4, -0.2) is 4.98 Å². The Hall–Kier alpha value is -4.49. The molecule has 0 unspecified atom stereocenters. The number of fused-ring (bicyclic) bond motifs is 7. The Kier molecular flexibility index (Phi) is 4.22. The molecule has 0 aliphatic carbocycles. The van der Waals surface area contributed by atoms with Crippen LogP contribution in [0.2, 0.25) is 0 Å². The lowest BCUT2D eigenvalue weighted by Gasteiger charge is -2.12. The van der Waals surface area contributed by atoms with Crippen LogP contribution in [-0.2, 0) is 0 Å². The van der Waals surface area contributed by atoms with E-state index in [9.17, 15) is 0 Å². The van der Waals surface area contributed by atoms with Gasteiger partial charge in [-0.25, -0.2) is 0 Å². The number of rotatable bonds is 2. The van der Waals surface area contributed by atoms with Gasteiger partial charge in [0.2, 0.25) is 0 Å². The van der Waals surface area contributed by atoms with Crippen LogP contribution < -0.4 is 0 Å². The van der Waals surface area contributed by atoms with E-state index >= 15 is 0 Å². The van der Waals surface area contributed by atoms with Crippen molar-refractivity contribution in [2.75, 3.05) is 0 Å². The lowest BCUT2D eigenvalue weighted by Crippen LogP contribution is -1.86. The third-order valence-electron chi connectivity index (χ3n) is 6.91. The SMILES string of the molecule is c1cc(-c2ccc3cnccc3c2)cc(-c2ccc3c4ccccc4c4ccccc4c3c2)c1. The Labute approximate surface area is 197 Å². The maximum Gasteiger partial charge on any atom is 0.0346 e. The monoisotopic (exact) mass is 431 g/mol. The van der Waals surface area contributed by atoms with Gasteiger partial charge in [-0.3, -0.25) is 4.98 Å². The second-order valence-electron chi connectivity index (χ2n) is 8.87. The molecule has 0 fully saturated rings. The second-order valence-corrected chi connectivity index (χ2v) is 8.87. The third kappa shape index (κ3) is 2.98. The summed E-state index contributed by atoms with van der Waals surface area (Å²) in [6, 6.07) is 41.9. The van der Waals surface area contributed by atoms with Crippen molar-refractivity contribution in [3.8, 4) is 22.3 Å². The van der Waals surface area contributed by atoms with Gasteiger partial charge in [0.1, 0.15) is 0 Å². The van der Waals surface area contributed by atoms with Gasteiger partial charge in [-0.05, 0) is 84.2 Å². The maximum absolute atomic E-state index is 4.23. The van der Waals surface area contributed by atoms with Gasteiger partial charge in [-0.15, -0.1) is 0 Å². The minimum absolute atomic E-state index is 1.16. The Balaban J connectivity index is 1.42. The number of nitrogens with zero attached hydrogens (tertiary/aromatic N) is 1. The Morgan fingerprint density at radius 3 is 1.62 bits per heavy atom. The van der Waals surface area contributed by atoms with Gasteiger partial charge in [0.25, 0.3) is 0 Å². The van der Waals surface area contributed by atoms with Crippen molar-refractivity contribution in [2.45, 2.75) is 0 Å². The summed E-state index contributed by atoms with van der Waals surface area (Å²) >= 11 is 0. The van der Waals surface area contributed by atoms with E-state index in [0.29, 0.717) is 0 Å². The van der Waals surface area contributed by atoms with Crippen LogP contribution in [0.1, 0.15) is 0 Å². The third-order valence-corrected chi connectivity index (χ3v) is 6.91. The van der Waals surface area contributed by atoms with Gasteiger partial charge >= 0.3 is 0 Å². The van der Waals surface area contributed by atoms with E-state index in [-0.39, 0.29) is 0 Å². The second kappa shape index (κ2) is 7.54. The average Bonchev–Trinajstić information content (AvgIpc) is 2.93. The first kappa shape index (κ1) is 19.0. The molecule has 34 heavy (non-hydrogen) atoms. The summed E-state index contributed by atoms with van der Waals surface area (Å²) < 4.78 is 0. The van der Waals surface area contributed by atoms with Crippen LogP contribution in [0.25, 0.3) is 65.3 Å². The predicted octanol–water partition coefficient (Wildman–Crippen LogP) is 9.03. The van der Waals surface area contributed by atoms with Gasteiger partial charge in [-0.2, -0.15) is 0 Å². The first-order chi connectivity index (χ1) is 16.8. The first-order valence-corrected chi connectivity index (χ1v) is 11.6. The zero-order valence-corrected chi connectivity index (χ0v) is 18.6. The van der Waals surface area contributed by atoms with Crippen molar-refractivity contribution < 1.29 is 0 Å². The minimum Gasteiger partial charge on any atom is -0.264 e. The van der Waals surface area contributed by atoms with E-state index in [2.05, 4.69) is 120 Å². The topological polar surface area (TPSA) is 12.9 Å². The van der Waals surface area contributed by atoms with Crippen molar-refractivity contribution in [3.63, 3.8) is 0 Å². The van der Waals surface area contributed by atoms with Crippen LogP contribution in [0, 0.1) is 0 Å². The fourth-order valence-electron chi connectivity index (χ4n) is 5.23. The molecule has 1 heterocycles. The van der Waals surface area contributed by atoms with E-state index in [1.54, 1.807) is 0 Å². The molecular weight excluding hydrogens is 410 g/mol. The van der Waals surface area contributed by atoms with Crippen LogP contribution in [0.4, 0.5) is 0 Å². The summed E-state index contributed by atoms with van der Waals surface area (Å²) in [4.78, 5) is 4.23. The molecule has 0 amide bonds. The molecule has 7 aromatic rings. The molecule has 0 saturated carbocycles. The van der Waals surface area contributed by atoms with E-state index in [4.69, 9.17) is 0 Å². The van der Waals surface area contributed by atoms with Crippen molar-refractivity contribution in [1.29, 1.82) is 0 Å². The van der Waals surface area contributed by atoms with Gasteiger partial charge in [0, 0.05) is 17.8 Å². The molecule has 158 valence electrons. The van der Waals surface area contributed by atoms with E-state index in [1.165, 1.54) is 60.0 Å². The highest BCUT2D eigenvalue weighted by Crippen LogP contribution is 2.37. The zero-order valence-electron chi connectivity index (χ0n) is 18.6. The normalized spacial score (nSPS) is 11.5. The van der Waals surface area contributed by atoms with Crippen molar-refractivity contribution in [1.82, 2.24) is 4.98 Å². The number of hydrogen-bond acceptors (Lipinski definition) is 1. The van der Waals surface area contributed by atoms with Crippen LogP contribution >= 0.6 is 0 Å². The molecule has 7 rings (SSSR count). The smallest absolute Gasteiger partial charge is 0.0346 e. The molecule has 0 aliphatic rings. The maximum atomic E-state index is 4.23. The van der Waals surface area contributed by atoms with Crippen LogP contribution in [0.3, 0.4) is 0 Å². The molecule has 0 saturated heterocycles. The summed E-state index contributed by atoms with van der Waals surface area (Å²) in [6.07, 6.45) is 3.77. The molecule has 1 nitrogen and oxygen atoms in total. The highest BCUT2D eigenvalue weighted by molar-refractivity contribution is 6.25. The van der Waals surface area contributed by atoms with Gasteiger partial charge in [0.15, 0.2) is 0 Å². The average molecular weight is 432 g/mol.